The number of fused-ring (bicyclic) bond motifs is 1. The summed E-state index contributed by atoms with van der Waals surface area (Å²) in [6.45, 7) is 3.21. The van der Waals surface area contributed by atoms with Crippen LogP contribution in [0.4, 0.5) is 8.78 Å². The fourth-order valence-electron chi connectivity index (χ4n) is 2.82. The summed E-state index contributed by atoms with van der Waals surface area (Å²) in [5, 5.41) is 0.104. The Morgan fingerprint density at radius 1 is 1.09 bits per heavy atom. The van der Waals surface area contributed by atoms with E-state index in [0.29, 0.717) is 0 Å². The Hall–Kier alpha value is -1.69. The lowest BCUT2D eigenvalue weighted by Crippen LogP contribution is -2.50. The predicted octanol–water partition coefficient (Wildman–Crippen LogP) is 3.59. The van der Waals surface area contributed by atoms with Gasteiger partial charge in [0.25, 0.3) is 5.92 Å². The molecule has 7 heteroatoms. The SMILES string of the molecule is CCOC(=O)C1(C(=O)OCC)CCC(F)(F)c2cc(Cl)ccc21. The maximum atomic E-state index is 14.3. The normalized spacial score (nSPS) is 18.0. The van der Waals surface area contributed by atoms with Crippen molar-refractivity contribution in [2.75, 3.05) is 13.2 Å². The van der Waals surface area contributed by atoms with Gasteiger partial charge in [0.15, 0.2) is 5.41 Å². The molecular formula is C16H17ClF2O4. The van der Waals surface area contributed by atoms with E-state index in [1.54, 1.807) is 13.8 Å². The second kappa shape index (κ2) is 6.43. The molecule has 0 saturated carbocycles. The second-order valence-electron chi connectivity index (χ2n) is 5.24. The first kappa shape index (κ1) is 17.7. The van der Waals surface area contributed by atoms with Crippen molar-refractivity contribution in [1.82, 2.24) is 0 Å². The van der Waals surface area contributed by atoms with Gasteiger partial charge in [-0.25, -0.2) is 8.78 Å². The van der Waals surface area contributed by atoms with Gasteiger partial charge in [-0.2, -0.15) is 0 Å². The molecule has 1 aliphatic carbocycles. The van der Waals surface area contributed by atoms with Gasteiger partial charge in [0, 0.05) is 17.0 Å². The van der Waals surface area contributed by atoms with Crippen molar-refractivity contribution in [3.05, 3.63) is 34.3 Å². The van der Waals surface area contributed by atoms with E-state index < -0.39 is 35.3 Å². The molecule has 2 rings (SSSR count). The minimum atomic E-state index is -3.18. The molecule has 0 fully saturated rings. The van der Waals surface area contributed by atoms with Crippen LogP contribution in [0.5, 0.6) is 0 Å². The van der Waals surface area contributed by atoms with Crippen LogP contribution in [-0.2, 0) is 30.4 Å². The molecule has 0 saturated heterocycles. The highest BCUT2D eigenvalue weighted by molar-refractivity contribution is 6.30. The van der Waals surface area contributed by atoms with Gasteiger partial charge in [-0.1, -0.05) is 17.7 Å². The fourth-order valence-corrected chi connectivity index (χ4v) is 2.99. The summed E-state index contributed by atoms with van der Waals surface area (Å²) in [5.74, 6) is -4.93. The Bertz CT molecular complexity index is 613. The van der Waals surface area contributed by atoms with Crippen molar-refractivity contribution in [3.63, 3.8) is 0 Å². The Morgan fingerprint density at radius 2 is 1.65 bits per heavy atom. The highest BCUT2D eigenvalue weighted by Gasteiger charge is 2.58. The Labute approximate surface area is 137 Å². The van der Waals surface area contributed by atoms with E-state index >= 15 is 0 Å². The van der Waals surface area contributed by atoms with Crippen LogP contribution in [0.2, 0.25) is 5.02 Å². The van der Waals surface area contributed by atoms with Crippen LogP contribution in [0, 0.1) is 0 Å². The summed E-state index contributed by atoms with van der Waals surface area (Å²) in [6.07, 6.45) is -1.05. The maximum absolute atomic E-state index is 14.3. The van der Waals surface area contributed by atoms with Crippen molar-refractivity contribution < 1.29 is 27.8 Å². The molecule has 1 aromatic carbocycles. The zero-order chi connectivity index (χ0) is 17.3. The first-order valence-corrected chi connectivity index (χ1v) is 7.70. The first-order valence-electron chi connectivity index (χ1n) is 7.32. The number of hydrogen-bond donors (Lipinski definition) is 0. The van der Waals surface area contributed by atoms with E-state index in [1.165, 1.54) is 12.1 Å². The van der Waals surface area contributed by atoms with Gasteiger partial charge in [0.1, 0.15) is 0 Å². The van der Waals surface area contributed by atoms with E-state index in [-0.39, 0.29) is 30.2 Å². The summed E-state index contributed by atoms with van der Waals surface area (Å²) in [5.41, 5.74) is -2.42. The number of benzene rings is 1. The number of carbonyl (C=O) groups is 2. The van der Waals surface area contributed by atoms with Crippen LogP contribution in [0.3, 0.4) is 0 Å². The average molecular weight is 347 g/mol. The molecule has 0 spiro atoms. The van der Waals surface area contributed by atoms with Gasteiger partial charge in [0.05, 0.1) is 13.2 Å². The number of halogens is 3. The highest BCUT2D eigenvalue weighted by atomic mass is 35.5. The van der Waals surface area contributed by atoms with Gasteiger partial charge in [0.2, 0.25) is 0 Å². The monoisotopic (exact) mass is 346 g/mol. The summed E-state index contributed by atoms with van der Waals surface area (Å²) in [7, 11) is 0. The summed E-state index contributed by atoms with van der Waals surface area (Å²) in [6, 6.07) is 3.73. The van der Waals surface area contributed by atoms with E-state index in [4.69, 9.17) is 21.1 Å². The Morgan fingerprint density at radius 3 is 2.17 bits per heavy atom. The smallest absolute Gasteiger partial charge is 0.328 e. The minimum absolute atomic E-state index is 0.0271. The molecule has 23 heavy (non-hydrogen) atoms. The largest absolute Gasteiger partial charge is 0.465 e. The lowest BCUT2D eigenvalue weighted by atomic mass is 9.68. The van der Waals surface area contributed by atoms with Crippen molar-refractivity contribution in [1.29, 1.82) is 0 Å². The maximum Gasteiger partial charge on any atom is 0.328 e. The average Bonchev–Trinajstić information content (AvgIpc) is 2.48. The van der Waals surface area contributed by atoms with Crippen LogP contribution < -0.4 is 0 Å². The molecule has 126 valence electrons. The zero-order valence-electron chi connectivity index (χ0n) is 12.8. The molecule has 0 aliphatic heterocycles. The van der Waals surface area contributed by atoms with Gasteiger partial charge in [-0.05, 0) is 38.0 Å². The van der Waals surface area contributed by atoms with Crippen molar-refractivity contribution in [3.8, 4) is 0 Å². The molecular weight excluding hydrogens is 330 g/mol. The molecule has 1 aromatic rings. The third kappa shape index (κ3) is 2.92. The van der Waals surface area contributed by atoms with Gasteiger partial charge < -0.3 is 9.47 Å². The van der Waals surface area contributed by atoms with E-state index in [0.717, 1.165) is 6.07 Å². The van der Waals surface area contributed by atoms with Crippen LogP contribution in [0.25, 0.3) is 0 Å². The summed E-state index contributed by atoms with van der Waals surface area (Å²) < 4.78 is 38.5. The van der Waals surface area contributed by atoms with E-state index in [9.17, 15) is 18.4 Å². The molecule has 0 atom stereocenters. The standard InChI is InChI=1S/C16H17ClF2O4/c1-3-22-13(20)15(14(21)23-4-2)7-8-16(18,19)12-9-10(17)5-6-11(12)15/h5-6,9H,3-4,7-8H2,1-2H3. The quantitative estimate of drug-likeness (QED) is 0.617. The van der Waals surface area contributed by atoms with Crippen LogP contribution in [0.1, 0.15) is 37.8 Å². The van der Waals surface area contributed by atoms with Crippen molar-refractivity contribution in [2.45, 2.75) is 38.0 Å². The lowest BCUT2D eigenvalue weighted by Gasteiger charge is -2.38. The summed E-state index contributed by atoms with van der Waals surface area (Å²) >= 11 is 5.81. The fraction of sp³-hybridized carbons (Fsp3) is 0.500. The molecule has 1 aliphatic rings. The molecule has 0 heterocycles. The van der Waals surface area contributed by atoms with Crippen LogP contribution in [-0.4, -0.2) is 25.2 Å². The lowest BCUT2D eigenvalue weighted by molar-refractivity contribution is -0.168. The number of rotatable bonds is 4. The molecule has 4 nitrogen and oxygen atoms in total. The number of esters is 2. The zero-order valence-corrected chi connectivity index (χ0v) is 13.6. The molecule has 0 bridgehead atoms. The van der Waals surface area contributed by atoms with Gasteiger partial charge in [-0.3, -0.25) is 9.59 Å². The van der Waals surface area contributed by atoms with Crippen LogP contribution >= 0.6 is 11.6 Å². The van der Waals surface area contributed by atoms with E-state index in [2.05, 4.69) is 0 Å². The molecule has 0 unspecified atom stereocenters. The first-order chi connectivity index (χ1) is 10.8. The second-order valence-corrected chi connectivity index (χ2v) is 5.68. The van der Waals surface area contributed by atoms with Crippen molar-refractivity contribution >= 4 is 23.5 Å². The van der Waals surface area contributed by atoms with Crippen molar-refractivity contribution in [2.24, 2.45) is 0 Å². The number of carbonyl (C=O) groups excluding carboxylic acids is 2. The number of ether oxygens (including phenoxy) is 2. The third-order valence-electron chi connectivity index (χ3n) is 3.90. The third-order valence-corrected chi connectivity index (χ3v) is 4.13. The topological polar surface area (TPSA) is 52.6 Å². The van der Waals surface area contributed by atoms with Crippen LogP contribution in [0.15, 0.2) is 18.2 Å². The highest BCUT2D eigenvalue weighted by Crippen LogP contribution is 2.49. The molecule has 0 aromatic heterocycles. The summed E-state index contributed by atoms with van der Waals surface area (Å²) in [4.78, 5) is 25.0. The minimum Gasteiger partial charge on any atom is -0.465 e. The number of alkyl halides is 2. The van der Waals surface area contributed by atoms with Gasteiger partial charge >= 0.3 is 11.9 Å². The Kier molecular flexibility index (Phi) is 4.94. The Balaban J connectivity index is 2.69. The predicted molar refractivity (Wildman–Crippen MR) is 79.5 cm³/mol. The van der Waals surface area contributed by atoms with E-state index in [1.807, 2.05) is 0 Å². The molecule has 0 amide bonds. The molecule has 0 radical (unpaired) electrons. The molecule has 0 N–H and O–H groups in total. The number of hydrogen-bond acceptors (Lipinski definition) is 4. The van der Waals surface area contributed by atoms with Gasteiger partial charge in [-0.15, -0.1) is 0 Å².